The summed E-state index contributed by atoms with van der Waals surface area (Å²) in [4.78, 5) is 0. The van der Waals surface area contributed by atoms with Crippen LogP contribution in [0.1, 0.15) is 47.7 Å². The van der Waals surface area contributed by atoms with E-state index < -0.39 is 0 Å². The molecule has 0 radical (unpaired) electrons. The summed E-state index contributed by atoms with van der Waals surface area (Å²) in [5.41, 5.74) is 9.80. The highest BCUT2D eigenvalue weighted by atomic mass is 15.3. The van der Waals surface area contributed by atoms with Gasteiger partial charge in [0.25, 0.3) is 0 Å². The van der Waals surface area contributed by atoms with E-state index in [4.69, 9.17) is 5.10 Å². The summed E-state index contributed by atoms with van der Waals surface area (Å²) in [7, 11) is 0. The second-order valence-electron chi connectivity index (χ2n) is 10.1. The van der Waals surface area contributed by atoms with Crippen LogP contribution in [-0.4, -0.2) is 9.78 Å². The zero-order valence-electron chi connectivity index (χ0n) is 19.2. The van der Waals surface area contributed by atoms with Crippen molar-refractivity contribution in [3.63, 3.8) is 0 Å². The van der Waals surface area contributed by atoms with Gasteiger partial charge in [-0.1, -0.05) is 66.6 Å². The van der Waals surface area contributed by atoms with Crippen molar-refractivity contribution in [3.8, 4) is 5.69 Å². The first-order valence-electron chi connectivity index (χ1n) is 11.9. The minimum Gasteiger partial charge on any atom is -0.233 e. The minimum atomic E-state index is 0.222. The molecule has 0 spiro atoms. The number of nitrogens with zero attached hydrogens (tertiary/aromatic N) is 2. The van der Waals surface area contributed by atoms with Crippen LogP contribution in [0, 0.1) is 25.2 Å². The molecule has 1 aromatic heterocycles. The maximum absolute atomic E-state index is 4.79. The highest BCUT2D eigenvalue weighted by molar-refractivity contribution is 5.88. The molecule has 2 atom stereocenters. The molecule has 2 nitrogen and oxygen atoms in total. The number of hydrogen-bond donors (Lipinski definition) is 0. The number of rotatable bonds is 3. The molecule has 4 aromatic rings. The van der Waals surface area contributed by atoms with Crippen LogP contribution in [-0.2, 0) is 12.8 Å². The molecule has 2 heteroatoms. The van der Waals surface area contributed by atoms with Gasteiger partial charge in [-0.2, -0.15) is 5.10 Å². The van der Waals surface area contributed by atoms with E-state index in [1.54, 1.807) is 5.57 Å². The fourth-order valence-electron chi connectivity index (χ4n) is 6.11. The van der Waals surface area contributed by atoms with Gasteiger partial charge in [0.1, 0.15) is 0 Å². The minimum absolute atomic E-state index is 0.222. The molecule has 0 saturated heterocycles. The second kappa shape index (κ2) is 7.20. The molecule has 2 unspecified atom stereocenters. The first kappa shape index (κ1) is 19.5. The molecule has 2 aliphatic rings. The van der Waals surface area contributed by atoms with Gasteiger partial charge in [-0.3, -0.25) is 0 Å². The van der Waals surface area contributed by atoms with E-state index in [1.165, 1.54) is 51.6 Å². The van der Waals surface area contributed by atoms with E-state index in [2.05, 4.69) is 98.4 Å². The Morgan fingerprint density at radius 1 is 0.969 bits per heavy atom. The lowest BCUT2D eigenvalue weighted by molar-refractivity contribution is 0.270. The number of hydrogen-bond acceptors (Lipinski definition) is 1. The van der Waals surface area contributed by atoms with Crippen molar-refractivity contribution in [2.75, 3.05) is 0 Å². The Balaban J connectivity index is 1.35. The van der Waals surface area contributed by atoms with Crippen LogP contribution in [0.15, 0.2) is 72.4 Å². The normalized spacial score (nSPS) is 22.0. The fraction of sp³-hybridized carbons (Fsp3) is 0.300. The zero-order valence-corrected chi connectivity index (χ0v) is 19.2. The van der Waals surface area contributed by atoms with E-state index in [0.29, 0.717) is 5.92 Å². The molecule has 1 heterocycles. The van der Waals surface area contributed by atoms with Crippen LogP contribution in [0.25, 0.3) is 22.5 Å². The van der Waals surface area contributed by atoms with Gasteiger partial charge in [0.15, 0.2) is 0 Å². The summed E-state index contributed by atoms with van der Waals surface area (Å²) in [6, 6.07) is 22.3. The molecular formula is C30H30N2. The first-order chi connectivity index (χ1) is 15.5. The molecule has 160 valence electrons. The smallest absolute Gasteiger partial charge is 0.0700 e. The first-order valence-corrected chi connectivity index (χ1v) is 11.9. The third-order valence-electron chi connectivity index (χ3n) is 8.13. The molecule has 0 aliphatic heterocycles. The Morgan fingerprint density at radius 2 is 1.75 bits per heavy atom. The SMILES string of the molecule is Cc1ccc(-n2ncc3c2C=C2CCC(Cc4ccc(C)c5ccccc45)C2(C)C3)cc1. The maximum Gasteiger partial charge on any atom is 0.0700 e. The molecule has 1 saturated carbocycles. The number of aromatic nitrogens is 2. The lowest BCUT2D eigenvalue weighted by atomic mass is 9.68. The Labute approximate surface area is 190 Å². The number of fused-ring (bicyclic) bond motifs is 3. The average molecular weight is 419 g/mol. The van der Waals surface area contributed by atoms with Crippen LogP contribution < -0.4 is 0 Å². The van der Waals surface area contributed by atoms with E-state index in [9.17, 15) is 0 Å². The van der Waals surface area contributed by atoms with Gasteiger partial charge in [-0.15, -0.1) is 0 Å². The Bertz CT molecular complexity index is 1360. The molecule has 1 fully saturated rings. The van der Waals surface area contributed by atoms with Crippen LogP contribution >= 0.6 is 0 Å². The zero-order chi connectivity index (χ0) is 21.9. The molecule has 6 rings (SSSR count). The summed E-state index contributed by atoms with van der Waals surface area (Å²) in [5, 5.41) is 7.61. The summed E-state index contributed by atoms with van der Waals surface area (Å²) in [6.45, 7) is 6.85. The second-order valence-corrected chi connectivity index (χ2v) is 10.1. The fourth-order valence-corrected chi connectivity index (χ4v) is 6.11. The summed E-state index contributed by atoms with van der Waals surface area (Å²) in [6.07, 6.45) is 9.27. The molecule has 2 aliphatic carbocycles. The number of benzene rings is 3. The van der Waals surface area contributed by atoms with Gasteiger partial charge in [-0.25, -0.2) is 4.68 Å². The topological polar surface area (TPSA) is 17.8 Å². The van der Waals surface area contributed by atoms with E-state index in [1.807, 2.05) is 0 Å². The summed E-state index contributed by atoms with van der Waals surface area (Å²) in [5.74, 6) is 0.663. The monoisotopic (exact) mass is 418 g/mol. The average Bonchev–Trinajstić information content (AvgIpc) is 3.34. The van der Waals surface area contributed by atoms with Gasteiger partial charge < -0.3 is 0 Å². The van der Waals surface area contributed by atoms with Gasteiger partial charge in [0.05, 0.1) is 17.6 Å². The molecule has 32 heavy (non-hydrogen) atoms. The summed E-state index contributed by atoms with van der Waals surface area (Å²) < 4.78 is 2.13. The van der Waals surface area contributed by atoms with Gasteiger partial charge in [-0.05, 0) is 96.5 Å². The summed E-state index contributed by atoms with van der Waals surface area (Å²) >= 11 is 0. The lowest BCUT2D eigenvalue weighted by Crippen LogP contribution is -2.30. The van der Waals surface area contributed by atoms with E-state index >= 15 is 0 Å². The number of allylic oxidation sites excluding steroid dienone is 1. The Morgan fingerprint density at radius 3 is 2.56 bits per heavy atom. The van der Waals surface area contributed by atoms with Crippen molar-refractivity contribution in [1.29, 1.82) is 0 Å². The van der Waals surface area contributed by atoms with Crippen LogP contribution in [0.2, 0.25) is 0 Å². The van der Waals surface area contributed by atoms with E-state index in [0.717, 1.165) is 18.5 Å². The lowest BCUT2D eigenvalue weighted by Gasteiger charge is -2.36. The third-order valence-corrected chi connectivity index (χ3v) is 8.13. The molecule has 0 amide bonds. The van der Waals surface area contributed by atoms with Gasteiger partial charge >= 0.3 is 0 Å². The predicted octanol–water partition coefficient (Wildman–Crippen LogP) is 7.24. The van der Waals surface area contributed by atoms with Crippen molar-refractivity contribution in [2.24, 2.45) is 11.3 Å². The van der Waals surface area contributed by atoms with Gasteiger partial charge in [0, 0.05) is 0 Å². The van der Waals surface area contributed by atoms with Gasteiger partial charge in [0.2, 0.25) is 0 Å². The highest BCUT2D eigenvalue weighted by Crippen LogP contribution is 2.54. The quantitative estimate of drug-likeness (QED) is 0.343. The van der Waals surface area contributed by atoms with Crippen LogP contribution in [0.3, 0.4) is 0 Å². The van der Waals surface area contributed by atoms with Crippen molar-refractivity contribution in [1.82, 2.24) is 9.78 Å². The Kier molecular flexibility index (Phi) is 4.40. The van der Waals surface area contributed by atoms with Crippen LogP contribution in [0.5, 0.6) is 0 Å². The molecule has 3 aromatic carbocycles. The number of aryl methyl sites for hydroxylation is 2. The third kappa shape index (κ3) is 2.97. The van der Waals surface area contributed by atoms with Crippen LogP contribution in [0.4, 0.5) is 0 Å². The molecule has 0 N–H and O–H groups in total. The Hall–Kier alpha value is -3.13. The van der Waals surface area contributed by atoms with E-state index in [-0.39, 0.29) is 5.41 Å². The van der Waals surface area contributed by atoms with Crippen molar-refractivity contribution >= 4 is 16.8 Å². The predicted molar refractivity (Wildman–Crippen MR) is 133 cm³/mol. The van der Waals surface area contributed by atoms with Crippen molar-refractivity contribution in [2.45, 2.75) is 46.5 Å². The molecular weight excluding hydrogens is 388 g/mol. The van der Waals surface area contributed by atoms with Crippen molar-refractivity contribution < 1.29 is 0 Å². The maximum atomic E-state index is 4.79. The highest BCUT2D eigenvalue weighted by Gasteiger charge is 2.45. The standard InChI is InChI=1S/C30H30N2/c1-20-8-14-26(15-9-20)32-29-17-25-13-12-24(30(25,3)18-23(29)19-31-32)16-22-11-10-21(2)27-6-4-5-7-28(22)27/h4-11,14-15,17,19,24H,12-13,16,18H2,1-3H3. The largest absolute Gasteiger partial charge is 0.233 e. The van der Waals surface area contributed by atoms with Crippen molar-refractivity contribution in [3.05, 3.63) is 100 Å². The molecule has 0 bridgehead atoms.